The number of benzene rings is 2. The lowest BCUT2D eigenvalue weighted by Crippen LogP contribution is -2.51. The van der Waals surface area contributed by atoms with Gasteiger partial charge in [0.15, 0.2) is 0 Å². The van der Waals surface area contributed by atoms with Crippen LogP contribution in [-0.2, 0) is 9.59 Å². The van der Waals surface area contributed by atoms with Gasteiger partial charge in [0.1, 0.15) is 11.6 Å². The number of nitrogens with zero attached hydrogens (tertiary/aromatic N) is 3. The fraction of sp³-hybridized carbons (Fsp3) is 0.364. The normalized spacial score (nSPS) is 19.6. The Morgan fingerprint density at radius 3 is 2.34 bits per heavy atom. The number of ether oxygens (including phenoxy) is 1. The van der Waals surface area contributed by atoms with Gasteiger partial charge < -0.3 is 19.4 Å². The minimum Gasteiger partial charge on any atom is -0.495 e. The van der Waals surface area contributed by atoms with Crippen molar-refractivity contribution in [1.29, 1.82) is 0 Å². The molecule has 29 heavy (non-hydrogen) atoms. The Balaban J connectivity index is 1.40. The zero-order chi connectivity index (χ0) is 20.4. The SMILES string of the molecule is COc1ccccc1N1C[C@@H](C(=O)N2CCN(c3ccccc3F)CC2)CC1=O. The molecule has 2 heterocycles. The van der Waals surface area contributed by atoms with Gasteiger partial charge >= 0.3 is 0 Å². The van der Waals surface area contributed by atoms with Crippen LogP contribution in [0.3, 0.4) is 0 Å². The van der Waals surface area contributed by atoms with Crippen molar-refractivity contribution < 1.29 is 18.7 Å². The van der Waals surface area contributed by atoms with E-state index in [1.807, 2.05) is 29.2 Å². The number of hydrogen-bond acceptors (Lipinski definition) is 4. The lowest BCUT2D eigenvalue weighted by molar-refractivity contribution is -0.136. The summed E-state index contributed by atoms with van der Waals surface area (Å²) in [6.45, 7) is 2.54. The summed E-state index contributed by atoms with van der Waals surface area (Å²) in [5.74, 6) is -0.0808. The third kappa shape index (κ3) is 3.77. The summed E-state index contributed by atoms with van der Waals surface area (Å²) in [6.07, 6.45) is 0.199. The van der Waals surface area contributed by atoms with Crippen molar-refractivity contribution in [3.8, 4) is 5.75 Å². The molecule has 0 spiro atoms. The van der Waals surface area contributed by atoms with E-state index in [-0.39, 0.29) is 30.0 Å². The average Bonchev–Trinajstić information content (AvgIpc) is 3.15. The number of carbonyl (C=O) groups excluding carboxylic acids is 2. The molecule has 4 rings (SSSR count). The first-order chi connectivity index (χ1) is 14.1. The van der Waals surface area contributed by atoms with Crippen molar-refractivity contribution in [2.75, 3.05) is 49.6 Å². The molecule has 1 atom stereocenters. The molecular formula is C22H24FN3O3. The van der Waals surface area contributed by atoms with E-state index >= 15 is 0 Å². The Kier molecular flexibility index (Phi) is 5.38. The summed E-state index contributed by atoms with van der Waals surface area (Å²) in [5.41, 5.74) is 1.26. The van der Waals surface area contributed by atoms with Gasteiger partial charge in [0.05, 0.1) is 24.4 Å². The summed E-state index contributed by atoms with van der Waals surface area (Å²) in [6, 6.07) is 14.0. The standard InChI is InChI=1S/C22H24FN3O3/c1-29-20-9-5-4-8-19(20)26-15-16(14-21(26)27)22(28)25-12-10-24(11-13-25)18-7-3-2-6-17(18)23/h2-9,16H,10-15H2,1H3/t16-/m0/s1. The predicted octanol–water partition coefficient (Wildman–Crippen LogP) is 2.54. The molecule has 2 saturated heterocycles. The summed E-state index contributed by atoms with van der Waals surface area (Å²) in [4.78, 5) is 31.0. The summed E-state index contributed by atoms with van der Waals surface area (Å²) in [5, 5.41) is 0. The van der Waals surface area contributed by atoms with E-state index in [1.165, 1.54) is 6.07 Å². The van der Waals surface area contributed by atoms with Crippen molar-refractivity contribution in [3.63, 3.8) is 0 Å². The number of halogens is 1. The molecule has 0 unspecified atom stereocenters. The molecule has 7 heteroatoms. The number of methoxy groups -OCH3 is 1. The molecule has 2 aliphatic heterocycles. The molecule has 2 aromatic rings. The van der Waals surface area contributed by atoms with Gasteiger partial charge in [0.25, 0.3) is 0 Å². The van der Waals surface area contributed by atoms with Crippen LogP contribution < -0.4 is 14.5 Å². The molecule has 0 radical (unpaired) electrons. The fourth-order valence-corrected chi connectivity index (χ4v) is 4.09. The van der Waals surface area contributed by atoms with E-state index in [9.17, 15) is 14.0 Å². The Morgan fingerprint density at radius 2 is 1.66 bits per heavy atom. The van der Waals surface area contributed by atoms with E-state index in [2.05, 4.69) is 0 Å². The molecule has 6 nitrogen and oxygen atoms in total. The highest BCUT2D eigenvalue weighted by Gasteiger charge is 2.38. The minimum absolute atomic E-state index is 0.0102. The van der Waals surface area contributed by atoms with E-state index in [0.29, 0.717) is 49.8 Å². The second kappa shape index (κ2) is 8.11. The number of hydrogen-bond donors (Lipinski definition) is 0. The second-order valence-corrected chi connectivity index (χ2v) is 7.34. The van der Waals surface area contributed by atoms with Crippen molar-refractivity contribution in [2.24, 2.45) is 5.92 Å². The first-order valence-corrected chi connectivity index (χ1v) is 9.80. The van der Waals surface area contributed by atoms with Gasteiger partial charge in [-0.3, -0.25) is 9.59 Å². The number of anilines is 2. The van der Waals surface area contributed by atoms with Gasteiger partial charge in [-0.1, -0.05) is 24.3 Å². The van der Waals surface area contributed by atoms with Crippen molar-refractivity contribution in [2.45, 2.75) is 6.42 Å². The van der Waals surface area contributed by atoms with Crippen LogP contribution in [0.1, 0.15) is 6.42 Å². The van der Waals surface area contributed by atoms with Gasteiger partial charge in [-0.15, -0.1) is 0 Å². The number of amides is 2. The van der Waals surface area contributed by atoms with Crippen LogP contribution in [0.5, 0.6) is 5.75 Å². The Labute approximate surface area is 169 Å². The molecule has 2 amide bonds. The average molecular weight is 397 g/mol. The molecule has 0 saturated carbocycles. The summed E-state index contributed by atoms with van der Waals surface area (Å²) in [7, 11) is 1.57. The number of piperazine rings is 1. The molecule has 0 aromatic heterocycles. The topological polar surface area (TPSA) is 53.1 Å². The number of rotatable bonds is 4. The van der Waals surface area contributed by atoms with Gasteiger partial charge in [0.2, 0.25) is 11.8 Å². The molecule has 0 bridgehead atoms. The molecule has 0 aliphatic carbocycles. The van der Waals surface area contributed by atoms with Crippen LogP contribution in [0.4, 0.5) is 15.8 Å². The van der Waals surface area contributed by atoms with Crippen LogP contribution in [0.25, 0.3) is 0 Å². The molecule has 2 aliphatic rings. The van der Waals surface area contributed by atoms with Gasteiger partial charge in [-0.05, 0) is 24.3 Å². The van der Waals surface area contributed by atoms with Gasteiger partial charge in [-0.2, -0.15) is 0 Å². The van der Waals surface area contributed by atoms with E-state index in [1.54, 1.807) is 35.1 Å². The van der Waals surface area contributed by atoms with Crippen molar-refractivity contribution in [3.05, 3.63) is 54.3 Å². The highest BCUT2D eigenvalue weighted by molar-refractivity contribution is 6.01. The Bertz CT molecular complexity index is 912. The fourth-order valence-electron chi connectivity index (χ4n) is 4.09. The number of carbonyl (C=O) groups is 2. The Morgan fingerprint density at radius 1 is 1.00 bits per heavy atom. The summed E-state index contributed by atoms with van der Waals surface area (Å²) < 4.78 is 19.4. The van der Waals surface area contributed by atoms with Crippen LogP contribution >= 0.6 is 0 Å². The zero-order valence-electron chi connectivity index (χ0n) is 16.4. The molecule has 0 N–H and O–H groups in total. The molecule has 2 aromatic carbocycles. The van der Waals surface area contributed by atoms with E-state index in [0.717, 1.165) is 0 Å². The quantitative estimate of drug-likeness (QED) is 0.796. The molecular weight excluding hydrogens is 373 g/mol. The van der Waals surface area contributed by atoms with Gasteiger partial charge in [0, 0.05) is 39.1 Å². The largest absolute Gasteiger partial charge is 0.495 e. The highest BCUT2D eigenvalue weighted by Crippen LogP contribution is 2.33. The summed E-state index contributed by atoms with van der Waals surface area (Å²) >= 11 is 0. The van der Waals surface area contributed by atoms with Crippen LogP contribution in [0.15, 0.2) is 48.5 Å². The lowest BCUT2D eigenvalue weighted by atomic mass is 10.1. The second-order valence-electron chi connectivity index (χ2n) is 7.34. The maximum atomic E-state index is 14.0. The minimum atomic E-state index is -0.368. The maximum Gasteiger partial charge on any atom is 0.228 e. The number of para-hydroxylation sites is 3. The smallest absolute Gasteiger partial charge is 0.228 e. The molecule has 2 fully saturated rings. The van der Waals surface area contributed by atoms with E-state index in [4.69, 9.17) is 4.74 Å². The maximum absolute atomic E-state index is 14.0. The first-order valence-electron chi connectivity index (χ1n) is 9.80. The van der Waals surface area contributed by atoms with Crippen LogP contribution in [0, 0.1) is 11.7 Å². The third-order valence-corrected chi connectivity index (χ3v) is 5.63. The van der Waals surface area contributed by atoms with Crippen LogP contribution in [0.2, 0.25) is 0 Å². The highest BCUT2D eigenvalue weighted by atomic mass is 19.1. The monoisotopic (exact) mass is 397 g/mol. The third-order valence-electron chi connectivity index (χ3n) is 5.63. The first kappa shape index (κ1) is 19.2. The van der Waals surface area contributed by atoms with Crippen LogP contribution in [-0.4, -0.2) is 56.5 Å². The zero-order valence-corrected chi connectivity index (χ0v) is 16.4. The van der Waals surface area contributed by atoms with Crippen molar-refractivity contribution >= 4 is 23.2 Å². The Hall–Kier alpha value is -3.09. The van der Waals surface area contributed by atoms with E-state index < -0.39 is 0 Å². The van der Waals surface area contributed by atoms with Crippen molar-refractivity contribution in [1.82, 2.24) is 4.90 Å². The predicted molar refractivity (Wildman–Crippen MR) is 109 cm³/mol. The van der Waals surface area contributed by atoms with Gasteiger partial charge in [-0.25, -0.2) is 4.39 Å². The lowest BCUT2D eigenvalue weighted by Gasteiger charge is -2.37. The molecule has 152 valence electrons.